The fraction of sp³-hybridized carbons (Fsp3) is 0.333. The van der Waals surface area contributed by atoms with E-state index in [0.717, 1.165) is 17.9 Å². The van der Waals surface area contributed by atoms with Crippen LogP contribution in [0.2, 0.25) is 0 Å². The lowest BCUT2D eigenvalue weighted by Gasteiger charge is -2.12. The number of nitrogens with one attached hydrogen (secondary N) is 2. The molecule has 0 radical (unpaired) electrons. The lowest BCUT2D eigenvalue weighted by molar-refractivity contribution is 0.0977. The standard InChI is InChI=1S/C21H25BrN2O3S/c1-3-4-5-6-12-27-17-9-7-8-16(14-17)23-21(28)24-20(25)15-10-11-19(26-2)18(22)13-15/h7-11,13-14H,3-6,12H2,1-2H3,(H2,23,24,25,28). The highest BCUT2D eigenvalue weighted by Crippen LogP contribution is 2.25. The maximum Gasteiger partial charge on any atom is 0.257 e. The van der Waals surface area contributed by atoms with E-state index in [2.05, 4.69) is 33.5 Å². The molecule has 0 unspecified atom stereocenters. The van der Waals surface area contributed by atoms with Crippen LogP contribution in [0.4, 0.5) is 5.69 Å². The van der Waals surface area contributed by atoms with Crippen molar-refractivity contribution in [2.75, 3.05) is 19.0 Å². The molecule has 0 atom stereocenters. The van der Waals surface area contributed by atoms with Gasteiger partial charge in [0.2, 0.25) is 0 Å². The van der Waals surface area contributed by atoms with Crippen molar-refractivity contribution in [2.24, 2.45) is 0 Å². The van der Waals surface area contributed by atoms with Crippen LogP contribution in [0.1, 0.15) is 43.0 Å². The fourth-order valence-corrected chi connectivity index (χ4v) is 3.28. The number of anilines is 1. The summed E-state index contributed by atoms with van der Waals surface area (Å²) in [6.07, 6.45) is 4.64. The van der Waals surface area contributed by atoms with Crippen molar-refractivity contribution in [3.8, 4) is 11.5 Å². The topological polar surface area (TPSA) is 59.6 Å². The van der Waals surface area contributed by atoms with Gasteiger partial charge in [-0.2, -0.15) is 0 Å². The summed E-state index contributed by atoms with van der Waals surface area (Å²) < 4.78 is 11.6. The van der Waals surface area contributed by atoms with Gasteiger partial charge < -0.3 is 14.8 Å². The Hall–Kier alpha value is -2.12. The highest BCUT2D eigenvalue weighted by molar-refractivity contribution is 9.10. The van der Waals surface area contributed by atoms with Gasteiger partial charge in [0, 0.05) is 17.3 Å². The van der Waals surface area contributed by atoms with Crippen LogP contribution in [0.25, 0.3) is 0 Å². The molecule has 0 aliphatic heterocycles. The van der Waals surface area contributed by atoms with E-state index in [1.54, 1.807) is 25.3 Å². The maximum atomic E-state index is 12.4. The number of carbonyl (C=O) groups excluding carboxylic acids is 1. The summed E-state index contributed by atoms with van der Waals surface area (Å²) in [4.78, 5) is 12.4. The third-order valence-corrected chi connectivity index (χ3v) is 4.82. The van der Waals surface area contributed by atoms with Crippen molar-refractivity contribution in [3.05, 3.63) is 52.5 Å². The molecule has 0 aromatic heterocycles. The summed E-state index contributed by atoms with van der Waals surface area (Å²) in [5.74, 6) is 1.13. The molecule has 5 nitrogen and oxygen atoms in total. The second kappa shape index (κ2) is 11.7. The minimum atomic E-state index is -0.302. The van der Waals surface area contributed by atoms with Crippen LogP contribution in [0, 0.1) is 0 Å². The lowest BCUT2D eigenvalue weighted by Crippen LogP contribution is -2.34. The quantitative estimate of drug-likeness (QED) is 0.376. The van der Waals surface area contributed by atoms with Crippen LogP contribution in [0.5, 0.6) is 11.5 Å². The molecule has 0 saturated heterocycles. The van der Waals surface area contributed by atoms with E-state index in [4.69, 9.17) is 21.7 Å². The van der Waals surface area contributed by atoms with E-state index in [1.807, 2.05) is 24.3 Å². The Morgan fingerprint density at radius 1 is 1.14 bits per heavy atom. The van der Waals surface area contributed by atoms with Crippen molar-refractivity contribution < 1.29 is 14.3 Å². The molecule has 0 aliphatic carbocycles. The van der Waals surface area contributed by atoms with E-state index in [9.17, 15) is 4.79 Å². The number of hydrogen-bond donors (Lipinski definition) is 2. The zero-order chi connectivity index (χ0) is 20.4. The van der Waals surface area contributed by atoms with Crippen molar-refractivity contribution in [3.63, 3.8) is 0 Å². The van der Waals surface area contributed by atoms with Gasteiger partial charge in [-0.25, -0.2) is 0 Å². The number of thiocarbonyl (C=S) groups is 1. The second-order valence-corrected chi connectivity index (χ2v) is 7.46. The lowest BCUT2D eigenvalue weighted by atomic mass is 10.2. The fourth-order valence-electron chi connectivity index (χ4n) is 2.53. The largest absolute Gasteiger partial charge is 0.496 e. The number of benzene rings is 2. The Labute approximate surface area is 179 Å². The zero-order valence-electron chi connectivity index (χ0n) is 16.1. The Bertz CT molecular complexity index is 814. The van der Waals surface area contributed by atoms with Crippen LogP contribution in [0.3, 0.4) is 0 Å². The Morgan fingerprint density at radius 2 is 1.96 bits per heavy atom. The monoisotopic (exact) mass is 464 g/mol. The summed E-state index contributed by atoms with van der Waals surface area (Å²) in [5.41, 5.74) is 1.23. The van der Waals surface area contributed by atoms with Gasteiger partial charge in [0.15, 0.2) is 5.11 Å². The first-order valence-electron chi connectivity index (χ1n) is 9.22. The van der Waals surface area contributed by atoms with Gasteiger partial charge in [-0.1, -0.05) is 32.3 Å². The molecule has 2 N–H and O–H groups in total. The van der Waals surface area contributed by atoms with Crippen LogP contribution in [-0.4, -0.2) is 24.7 Å². The second-order valence-electron chi connectivity index (χ2n) is 6.19. The van der Waals surface area contributed by atoms with Crippen LogP contribution in [-0.2, 0) is 0 Å². The Morgan fingerprint density at radius 3 is 2.68 bits per heavy atom. The van der Waals surface area contributed by atoms with Crippen LogP contribution in [0.15, 0.2) is 46.9 Å². The minimum absolute atomic E-state index is 0.219. The summed E-state index contributed by atoms with van der Waals surface area (Å²) in [5, 5.41) is 5.91. The van der Waals surface area contributed by atoms with Gasteiger partial charge in [0.1, 0.15) is 11.5 Å². The molecule has 28 heavy (non-hydrogen) atoms. The molecule has 2 rings (SSSR count). The number of halogens is 1. The molecular formula is C21H25BrN2O3S. The minimum Gasteiger partial charge on any atom is -0.496 e. The summed E-state index contributed by atoms with van der Waals surface area (Å²) in [6, 6.07) is 12.6. The molecule has 0 aliphatic rings. The third kappa shape index (κ3) is 7.13. The van der Waals surface area contributed by atoms with Gasteiger partial charge in [0.25, 0.3) is 5.91 Å². The number of methoxy groups -OCH3 is 1. The third-order valence-electron chi connectivity index (χ3n) is 4.00. The highest BCUT2D eigenvalue weighted by atomic mass is 79.9. The average Bonchev–Trinajstić information content (AvgIpc) is 2.68. The average molecular weight is 465 g/mol. The smallest absolute Gasteiger partial charge is 0.257 e. The normalized spacial score (nSPS) is 10.2. The van der Waals surface area contributed by atoms with Crippen molar-refractivity contribution in [2.45, 2.75) is 32.6 Å². The molecule has 0 fully saturated rings. The van der Waals surface area contributed by atoms with E-state index in [1.165, 1.54) is 19.3 Å². The van der Waals surface area contributed by atoms with E-state index < -0.39 is 0 Å². The van der Waals surface area contributed by atoms with Crippen molar-refractivity contribution in [1.82, 2.24) is 5.32 Å². The maximum absolute atomic E-state index is 12.4. The molecule has 2 aromatic carbocycles. The van der Waals surface area contributed by atoms with E-state index in [-0.39, 0.29) is 11.0 Å². The van der Waals surface area contributed by atoms with Crippen molar-refractivity contribution in [1.29, 1.82) is 0 Å². The van der Waals surface area contributed by atoms with Gasteiger partial charge in [-0.3, -0.25) is 10.1 Å². The van der Waals surface area contributed by atoms with E-state index >= 15 is 0 Å². The highest BCUT2D eigenvalue weighted by Gasteiger charge is 2.11. The SMILES string of the molecule is CCCCCCOc1cccc(NC(=S)NC(=O)c2ccc(OC)c(Br)c2)c1. The summed E-state index contributed by atoms with van der Waals surface area (Å²) in [7, 11) is 1.57. The molecule has 1 amide bonds. The number of carbonyl (C=O) groups is 1. The Balaban J connectivity index is 1.87. The van der Waals surface area contributed by atoms with Gasteiger partial charge in [0.05, 0.1) is 18.2 Å². The van der Waals surface area contributed by atoms with Gasteiger partial charge in [-0.05, 0) is 64.9 Å². The van der Waals surface area contributed by atoms with Crippen molar-refractivity contribution >= 4 is 44.9 Å². The Kier molecular flexibility index (Phi) is 9.23. The summed E-state index contributed by atoms with van der Waals surface area (Å²) >= 11 is 8.62. The summed E-state index contributed by atoms with van der Waals surface area (Å²) in [6.45, 7) is 2.88. The van der Waals surface area contributed by atoms with E-state index in [0.29, 0.717) is 22.4 Å². The number of ether oxygens (including phenoxy) is 2. The molecule has 0 spiro atoms. The zero-order valence-corrected chi connectivity index (χ0v) is 18.5. The molecule has 0 saturated carbocycles. The van der Waals surface area contributed by atoms with Crippen LogP contribution >= 0.6 is 28.1 Å². The first-order chi connectivity index (χ1) is 13.5. The predicted molar refractivity (Wildman–Crippen MR) is 120 cm³/mol. The number of unbranched alkanes of at least 4 members (excludes halogenated alkanes) is 3. The van der Waals surface area contributed by atoms with Gasteiger partial charge in [-0.15, -0.1) is 0 Å². The molecular weight excluding hydrogens is 440 g/mol. The molecule has 150 valence electrons. The van der Waals surface area contributed by atoms with Gasteiger partial charge >= 0.3 is 0 Å². The first kappa shape index (κ1) is 22.2. The first-order valence-corrected chi connectivity index (χ1v) is 10.4. The van der Waals surface area contributed by atoms with Crippen LogP contribution < -0.4 is 20.1 Å². The molecule has 0 heterocycles. The molecule has 2 aromatic rings. The number of hydrogen-bond acceptors (Lipinski definition) is 4. The predicted octanol–water partition coefficient (Wildman–Crippen LogP) is 5.54. The molecule has 0 bridgehead atoms. The molecule has 7 heteroatoms. The number of rotatable bonds is 9. The number of amides is 1.